The standard InChI is InChI=1S/C13H15N3/c1-16(13-6-8-15-9-7-13)10-11-2-4-12(14)5-3-11/h2-9H,10,14H2,1H3. The van der Waals surface area contributed by atoms with Gasteiger partial charge in [0.2, 0.25) is 0 Å². The summed E-state index contributed by atoms with van der Waals surface area (Å²) in [5.74, 6) is 0. The van der Waals surface area contributed by atoms with E-state index in [1.54, 1.807) is 12.4 Å². The summed E-state index contributed by atoms with van der Waals surface area (Å²) in [5, 5.41) is 0. The Kier molecular flexibility index (Phi) is 3.05. The highest BCUT2D eigenvalue weighted by atomic mass is 15.1. The van der Waals surface area contributed by atoms with E-state index in [1.807, 2.05) is 36.4 Å². The fourth-order valence-electron chi connectivity index (χ4n) is 1.59. The van der Waals surface area contributed by atoms with Crippen LogP contribution in [0.5, 0.6) is 0 Å². The van der Waals surface area contributed by atoms with Crippen LogP contribution in [0.1, 0.15) is 5.56 Å². The third-order valence-electron chi connectivity index (χ3n) is 2.50. The van der Waals surface area contributed by atoms with Gasteiger partial charge in [0.1, 0.15) is 0 Å². The predicted octanol–water partition coefficient (Wildman–Crippen LogP) is 2.30. The fourth-order valence-corrected chi connectivity index (χ4v) is 1.59. The molecule has 0 fully saturated rings. The fraction of sp³-hybridized carbons (Fsp3) is 0.154. The zero-order chi connectivity index (χ0) is 11.4. The highest BCUT2D eigenvalue weighted by Gasteiger charge is 2.00. The van der Waals surface area contributed by atoms with Crippen LogP contribution in [-0.2, 0) is 6.54 Å². The van der Waals surface area contributed by atoms with Crippen LogP contribution in [-0.4, -0.2) is 12.0 Å². The number of nitrogen functional groups attached to an aromatic ring is 1. The van der Waals surface area contributed by atoms with E-state index >= 15 is 0 Å². The molecule has 1 aromatic carbocycles. The number of nitrogens with zero attached hydrogens (tertiary/aromatic N) is 2. The third kappa shape index (κ3) is 2.51. The van der Waals surface area contributed by atoms with Crippen LogP contribution in [0.3, 0.4) is 0 Å². The lowest BCUT2D eigenvalue weighted by Crippen LogP contribution is -2.16. The van der Waals surface area contributed by atoms with Gasteiger partial charge < -0.3 is 10.6 Å². The van der Waals surface area contributed by atoms with Crippen LogP contribution < -0.4 is 10.6 Å². The van der Waals surface area contributed by atoms with Crippen LogP contribution in [0.15, 0.2) is 48.8 Å². The van der Waals surface area contributed by atoms with Gasteiger partial charge in [0, 0.05) is 37.4 Å². The molecule has 0 aliphatic rings. The van der Waals surface area contributed by atoms with Gasteiger partial charge in [-0.05, 0) is 29.8 Å². The van der Waals surface area contributed by atoms with Gasteiger partial charge in [0.25, 0.3) is 0 Å². The summed E-state index contributed by atoms with van der Waals surface area (Å²) in [5.41, 5.74) is 8.85. The number of pyridine rings is 1. The second-order valence-electron chi connectivity index (χ2n) is 3.80. The van der Waals surface area contributed by atoms with Crippen molar-refractivity contribution in [1.82, 2.24) is 4.98 Å². The Labute approximate surface area is 95.5 Å². The van der Waals surface area contributed by atoms with Crippen molar-refractivity contribution in [3.8, 4) is 0 Å². The smallest absolute Gasteiger partial charge is 0.0426 e. The summed E-state index contributed by atoms with van der Waals surface area (Å²) in [7, 11) is 2.06. The topological polar surface area (TPSA) is 42.1 Å². The molecular formula is C13H15N3. The highest BCUT2D eigenvalue weighted by molar-refractivity contribution is 5.45. The monoisotopic (exact) mass is 213 g/mol. The van der Waals surface area contributed by atoms with Crippen molar-refractivity contribution in [3.05, 3.63) is 54.4 Å². The van der Waals surface area contributed by atoms with E-state index in [4.69, 9.17) is 5.73 Å². The summed E-state index contributed by atoms with van der Waals surface area (Å²) >= 11 is 0. The Bertz CT molecular complexity index is 436. The molecule has 3 heteroatoms. The molecule has 0 saturated carbocycles. The number of nitrogens with two attached hydrogens (primary N) is 1. The van der Waals surface area contributed by atoms with Crippen LogP contribution in [0.25, 0.3) is 0 Å². The largest absolute Gasteiger partial charge is 0.399 e. The maximum atomic E-state index is 5.65. The Morgan fingerprint density at radius 2 is 1.69 bits per heavy atom. The summed E-state index contributed by atoms with van der Waals surface area (Å²) in [6.45, 7) is 0.865. The third-order valence-corrected chi connectivity index (χ3v) is 2.50. The maximum absolute atomic E-state index is 5.65. The lowest BCUT2D eigenvalue weighted by Gasteiger charge is -2.19. The minimum atomic E-state index is 0.801. The molecule has 0 saturated heterocycles. The minimum absolute atomic E-state index is 0.801. The minimum Gasteiger partial charge on any atom is -0.399 e. The molecule has 1 aromatic heterocycles. The second kappa shape index (κ2) is 4.66. The van der Waals surface area contributed by atoms with Gasteiger partial charge in [-0.3, -0.25) is 4.98 Å². The Hall–Kier alpha value is -2.03. The first-order valence-electron chi connectivity index (χ1n) is 5.21. The highest BCUT2D eigenvalue weighted by Crippen LogP contribution is 2.14. The Morgan fingerprint density at radius 3 is 2.31 bits per heavy atom. The molecule has 3 nitrogen and oxygen atoms in total. The van der Waals surface area contributed by atoms with E-state index < -0.39 is 0 Å². The molecule has 2 rings (SSSR count). The zero-order valence-corrected chi connectivity index (χ0v) is 9.30. The van der Waals surface area contributed by atoms with Crippen LogP contribution in [0, 0.1) is 0 Å². The Morgan fingerprint density at radius 1 is 1.06 bits per heavy atom. The van der Waals surface area contributed by atoms with Gasteiger partial charge in [-0.25, -0.2) is 0 Å². The van der Waals surface area contributed by atoms with Crippen molar-refractivity contribution < 1.29 is 0 Å². The molecule has 0 unspecified atom stereocenters. The first-order valence-corrected chi connectivity index (χ1v) is 5.21. The number of anilines is 2. The van der Waals surface area contributed by atoms with Crippen molar-refractivity contribution >= 4 is 11.4 Å². The van der Waals surface area contributed by atoms with Crippen molar-refractivity contribution in [2.24, 2.45) is 0 Å². The van der Waals surface area contributed by atoms with E-state index in [0.29, 0.717) is 0 Å². The molecule has 0 radical (unpaired) electrons. The second-order valence-corrected chi connectivity index (χ2v) is 3.80. The number of hydrogen-bond donors (Lipinski definition) is 1. The zero-order valence-electron chi connectivity index (χ0n) is 9.30. The van der Waals surface area contributed by atoms with Crippen molar-refractivity contribution in [2.45, 2.75) is 6.54 Å². The van der Waals surface area contributed by atoms with Crippen LogP contribution >= 0.6 is 0 Å². The molecule has 2 N–H and O–H groups in total. The summed E-state index contributed by atoms with van der Waals surface area (Å²) < 4.78 is 0. The maximum Gasteiger partial charge on any atom is 0.0426 e. The van der Waals surface area contributed by atoms with Crippen molar-refractivity contribution in [1.29, 1.82) is 0 Å². The summed E-state index contributed by atoms with van der Waals surface area (Å²) in [4.78, 5) is 6.18. The molecule has 0 amide bonds. The van der Waals surface area contributed by atoms with Crippen LogP contribution in [0.2, 0.25) is 0 Å². The van der Waals surface area contributed by atoms with E-state index in [-0.39, 0.29) is 0 Å². The SMILES string of the molecule is CN(Cc1ccc(N)cc1)c1ccncc1. The lowest BCUT2D eigenvalue weighted by atomic mass is 10.2. The quantitative estimate of drug-likeness (QED) is 0.795. The molecule has 0 atom stereocenters. The molecule has 82 valence electrons. The van der Waals surface area contributed by atoms with E-state index in [9.17, 15) is 0 Å². The normalized spacial score (nSPS) is 10.1. The van der Waals surface area contributed by atoms with Gasteiger partial charge in [-0.1, -0.05) is 12.1 Å². The first kappa shape index (κ1) is 10.5. The first-order chi connectivity index (χ1) is 7.75. The van der Waals surface area contributed by atoms with Crippen LogP contribution in [0.4, 0.5) is 11.4 Å². The van der Waals surface area contributed by atoms with Gasteiger partial charge in [-0.2, -0.15) is 0 Å². The molecule has 2 aromatic rings. The van der Waals surface area contributed by atoms with Crippen molar-refractivity contribution in [2.75, 3.05) is 17.7 Å². The number of benzene rings is 1. The average molecular weight is 213 g/mol. The summed E-state index contributed by atoms with van der Waals surface area (Å²) in [6.07, 6.45) is 3.60. The number of hydrogen-bond acceptors (Lipinski definition) is 3. The van der Waals surface area contributed by atoms with Gasteiger partial charge in [0.05, 0.1) is 0 Å². The van der Waals surface area contributed by atoms with Gasteiger partial charge >= 0.3 is 0 Å². The molecule has 0 spiro atoms. The predicted molar refractivity (Wildman–Crippen MR) is 67.2 cm³/mol. The average Bonchev–Trinajstić information content (AvgIpc) is 2.33. The molecular weight excluding hydrogens is 198 g/mol. The van der Waals surface area contributed by atoms with E-state index in [1.165, 1.54) is 5.56 Å². The number of rotatable bonds is 3. The van der Waals surface area contributed by atoms with E-state index in [2.05, 4.69) is 16.9 Å². The number of aromatic nitrogens is 1. The van der Waals surface area contributed by atoms with Crippen molar-refractivity contribution in [3.63, 3.8) is 0 Å². The van der Waals surface area contributed by atoms with Gasteiger partial charge in [-0.15, -0.1) is 0 Å². The molecule has 0 bridgehead atoms. The van der Waals surface area contributed by atoms with E-state index in [0.717, 1.165) is 17.9 Å². The molecule has 16 heavy (non-hydrogen) atoms. The molecule has 1 heterocycles. The molecule has 0 aliphatic heterocycles. The molecule has 0 aliphatic carbocycles. The Balaban J connectivity index is 2.08. The summed E-state index contributed by atoms with van der Waals surface area (Å²) in [6, 6.07) is 11.9. The van der Waals surface area contributed by atoms with Gasteiger partial charge in [0.15, 0.2) is 0 Å². The lowest BCUT2D eigenvalue weighted by molar-refractivity contribution is 0.921.